The Bertz CT molecular complexity index is 512. The Kier molecular flexibility index (Phi) is 3.39. The van der Waals surface area contributed by atoms with Crippen molar-refractivity contribution in [1.82, 2.24) is 9.88 Å². The molecule has 0 unspecified atom stereocenters. The molecular weight excluding hydrogens is 250 g/mol. The van der Waals surface area contributed by atoms with E-state index >= 15 is 0 Å². The summed E-state index contributed by atoms with van der Waals surface area (Å²) in [4.78, 5) is 12.4. The molecule has 1 aromatic heterocycles. The minimum Gasteiger partial charge on any atom is -0.397 e. The molecule has 1 amide bonds. The van der Waals surface area contributed by atoms with E-state index in [1.807, 2.05) is 24.6 Å². The molecule has 0 atom stereocenters. The van der Waals surface area contributed by atoms with Gasteiger partial charge in [-0.3, -0.25) is 4.79 Å². The van der Waals surface area contributed by atoms with Gasteiger partial charge in [-0.15, -0.1) is 0 Å². The summed E-state index contributed by atoms with van der Waals surface area (Å²) in [6.07, 6.45) is 1.82. The van der Waals surface area contributed by atoms with Gasteiger partial charge in [0.2, 0.25) is 0 Å². The highest BCUT2D eigenvalue weighted by Crippen LogP contribution is 2.67. The van der Waals surface area contributed by atoms with Crippen LogP contribution in [0.25, 0.3) is 0 Å². The van der Waals surface area contributed by atoms with E-state index in [0.717, 1.165) is 6.54 Å². The highest BCUT2D eigenvalue weighted by molar-refractivity contribution is 5.93. The molecule has 0 radical (unpaired) electrons. The van der Waals surface area contributed by atoms with Crippen molar-refractivity contribution in [2.75, 3.05) is 12.3 Å². The predicted molar refractivity (Wildman–Crippen MR) is 82.6 cm³/mol. The molecule has 0 saturated heterocycles. The van der Waals surface area contributed by atoms with E-state index < -0.39 is 0 Å². The number of nitrogens with zero attached hydrogens (tertiary/aromatic N) is 1. The third kappa shape index (κ3) is 2.21. The molecule has 1 aliphatic rings. The van der Waals surface area contributed by atoms with Crippen molar-refractivity contribution < 1.29 is 4.79 Å². The van der Waals surface area contributed by atoms with Gasteiger partial charge in [0.05, 0.1) is 5.69 Å². The maximum Gasteiger partial charge on any atom is 0.268 e. The summed E-state index contributed by atoms with van der Waals surface area (Å²) in [5, 5.41) is 3.07. The first kappa shape index (κ1) is 14.9. The minimum atomic E-state index is -0.0334. The van der Waals surface area contributed by atoms with Crippen molar-refractivity contribution in [3.05, 3.63) is 18.0 Å². The number of aromatic nitrogens is 1. The largest absolute Gasteiger partial charge is 0.397 e. The molecule has 1 saturated carbocycles. The Morgan fingerprint density at radius 3 is 2.35 bits per heavy atom. The molecule has 1 aromatic rings. The summed E-state index contributed by atoms with van der Waals surface area (Å²) in [7, 11) is 0. The van der Waals surface area contributed by atoms with Crippen molar-refractivity contribution in [3.63, 3.8) is 0 Å². The van der Waals surface area contributed by atoms with E-state index in [1.54, 1.807) is 6.07 Å². The van der Waals surface area contributed by atoms with Crippen LogP contribution in [0.4, 0.5) is 5.69 Å². The molecule has 4 heteroatoms. The quantitative estimate of drug-likeness (QED) is 0.888. The summed E-state index contributed by atoms with van der Waals surface area (Å²) in [5.41, 5.74) is 7.67. The van der Waals surface area contributed by atoms with Crippen LogP contribution in [0.3, 0.4) is 0 Å². The third-order valence-electron chi connectivity index (χ3n) is 5.45. The highest BCUT2D eigenvalue weighted by Gasteiger charge is 2.64. The second-order valence-electron chi connectivity index (χ2n) is 7.37. The smallest absolute Gasteiger partial charge is 0.268 e. The van der Waals surface area contributed by atoms with Crippen LogP contribution in [-0.4, -0.2) is 17.0 Å². The first-order valence-electron chi connectivity index (χ1n) is 7.34. The molecule has 1 aliphatic carbocycles. The number of carbonyl (C=O) groups excluding carboxylic acids is 1. The average molecular weight is 277 g/mol. The van der Waals surface area contributed by atoms with Crippen molar-refractivity contribution >= 4 is 11.6 Å². The van der Waals surface area contributed by atoms with Gasteiger partial charge in [0.25, 0.3) is 5.91 Å². The van der Waals surface area contributed by atoms with Crippen LogP contribution in [0.15, 0.2) is 12.3 Å². The van der Waals surface area contributed by atoms with Gasteiger partial charge in [-0.25, -0.2) is 0 Å². The van der Waals surface area contributed by atoms with Crippen LogP contribution in [0.5, 0.6) is 0 Å². The normalized spacial score (nSPS) is 20.1. The summed E-state index contributed by atoms with van der Waals surface area (Å²) in [6.45, 7) is 13.9. The standard InChI is InChI=1S/C16H27N3O/c1-10(2)19-9-11(17)7-12(19)14(20)18-8-13-15(3,4)16(13,5)6/h7,9-10,13H,8,17H2,1-6H3,(H,18,20). The Morgan fingerprint density at radius 1 is 1.35 bits per heavy atom. The molecule has 1 fully saturated rings. The van der Waals surface area contributed by atoms with Crippen LogP contribution in [-0.2, 0) is 0 Å². The summed E-state index contributed by atoms with van der Waals surface area (Å²) < 4.78 is 1.92. The number of nitrogens with one attached hydrogen (secondary N) is 1. The molecule has 4 nitrogen and oxygen atoms in total. The Labute approximate surface area is 121 Å². The van der Waals surface area contributed by atoms with Gasteiger partial charge >= 0.3 is 0 Å². The molecule has 0 bridgehead atoms. The molecule has 0 aromatic carbocycles. The molecular formula is C16H27N3O. The van der Waals surface area contributed by atoms with Gasteiger partial charge in [0.15, 0.2) is 0 Å². The summed E-state index contributed by atoms with van der Waals surface area (Å²) in [6, 6.07) is 1.97. The average Bonchev–Trinajstić information content (AvgIpc) is 2.65. The number of carbonyl (C=O) groups is 1. The van der Waals surface area contributed by atoms with Crippen LogP contribution < -0.4 is 11.1 Å². The monoisotopic (exact) mass is 277 g/mol. The lowest BCUT2D eigenvalue weighted by Gasteiger charge is -2.13. The lowest BCUT2D eigenvalue weighted by atomic mass is 10.0. The third-order valence-corrected chi connectivity index (χ3v) is 5.45. The van der Waals surface area contributed by atoms with Crippen molar-refractivity contribution in [2.24, 2.45) is 16.7 Å². The predicted octanol–water partition coefficient (Wildman–Crippen LogP) is 3.06. The van der Waals surface area contributed by atoms with E-state index in [9.17, 15) is 4.79 Å². The number of nitrogens with two attached hydrogens (primary N) is 1. The van der Waals surface area contributed by atoms with Gasteiger partial charge < -0.3 is 15.6 Å². The number of hydrogen-bond acceptors (Lipinski definition) is 2. The number of anilines is 1. The van der Waals surface area contributed by atoms with E-state index in [1.165, 1.54) is 0 Å². The fourth-order valence-electron chi connectivity index (χ4n) is 3.24. The van der Waals surface area contributed by atoms with E-state index in [4.69, 9.17) is 5.73 Å². The molecule has 1 heterocycles. The second-order valence-corrected chi connectivity index (χ2v) is 7.37. The van der Waals surface area contributed by atoms with Gasteiger partial charge in [0, 0.05) is 18.8 Å². The lowest BCUT2D eigenvalue weighted by Crippen LogP contribution is -2.29. The second kappa shape index (κ2) is 4.54. The molecule has 2 rings (SSSR count). The Balaban J connectivity index is 2.04. The van der Waals surface area contributed by atoms with Gasteiger partial charge in [0.1, 0.15) is 5.69 Å². The first-order valence-corrected chi connectivity index (χ1v) is 7.34. The van der Waals surface area contributed by atoms with Crippen molar-refractivity contribution in [3.8, 4) is 0 Å². The number of rotatable bonds is 4. The van der Waals surface area contributed by atoms with Crippen LogP contribution in [0.2, 0.25) is 0 Å². The Hall–Kier alpha value is -1.45. The van der Waals surface area contributed by atoms with E-state index in [-0.39, 0.29) is 11.9 Å². The van der Waals surface area contributed by atoms with Gasteiger partial charge in [-0.05, 0) is 36.7 Å². The lowest BCUT2D eigenvalue weighted by molar-refractivity contribution is 0.0939. The maximum atomic E-state index is 12.4. The minimum absolute atomic E-state index is 0.0334. The Morgan fingerprint density at radius 2 is 1.90 bits per heavy atom. The fraction of sp³-hybridized carbons (Fsp3) is 0.688. The van der Waals surface area contributed by atoms with Gasteiger partial charge in [-0.2, -0.15) is 0 Å². The molecule has 3 N–H and O–H groups in total. The maximum absolute atomic E-state index is 12.4. The number of amides is 1. The fourth-order valence-corrected chi connectivity index (χ4v) is 3.24. The summed E-state index contributed by atoms with van der Waals surface area (Å²) in [5.74, 6) is 0.493. The number of nitrogen functional groups attached to an aromatic ring is 1. The van der Waals surface area contributed by atoms with Crippen LogP contribution in [0.1, 0.15) is 58.1 Å². The molecule has 0 aliphatic heterocycles. The zero-order chi connectivity index (χ0) is 15.3. The molecule has 0 spiro atoms. The SMILES string of the molecule is CC(C)n1cc(N)cc1C(=O)NCC1C(C)(C)C1(C)C. The molecule has 20 heavy (non-hydrogen) atoms. The molecule has 112 valence electrons. The topological polar surface area (TPSA) is 60.0 Å². The van der Waals surface area contributed by atoms with Crippen molar-refractivity contribution in [1.29, 1.82) is 0 Å². The van der Waals surface area contributed by atoms with Gasteiger partial charge in [-0.1, -0.05) is 27.7 Å². The van der Waals surface area contributed by atoms with Crippen LogP contribution >= 0.6 is 0 Å². The van der Waals surface area contributed by atoms with E-state index in [0.29, 0.717) is 28.1 Å². The van der Waals surface area contributed by atoms with E-state index in [2.05, 4.69) is 33.0 Å². The first-order chi connectivity index (χ1) is 9.09. The van der Waals surface area contributed by atoms with Crippen molar-refractivity contribution in [2.45, 2.75) is 47.6 Å². The van der Waals surface area contributed by atoms with Crippen LogP contribution in [0, 0.1) is 16.7 Å². The number of hydrogen-bond donors (Lipinski definition) is 2. The summed E-state index contributed by atoms with van der Waals surface area (Å²) >= 11 is 0. The zero-order valence-corrected chi connectivity index (χ0v) is 13.4. The zero-order valence-electron chi connectivity index (χ0n) is 13.4. The highest BCUT2D eigenvalue weighted by atomic mass is 16.1.